The quantitative estimate of drug-likeness (QED) is 0.611. The van der Waals surface area contributed by atoms with Gasteiger partial charge in [0.05, 0.1) is 24.8 Å². The molecule has 0 aliphatic carbocycles. The lowest BCUT2D eigenvalue weighted by molar-refractivity contribution is -0.141. The number of carboxylic acid groups (broad SMARTS) is 1. The van der Waals surface area contributed by atoms with Gasteiger partial charge in [-0.1, -0.05) is 42.5 Å². The van der Waals surface area contributed by atoms with Crippen LogP contribution in [0.2, 0.25) is 0 Å². The topological polar surface area (TPSA) is 88.5 Å². The maximum atomic E-state index is 12.4. The highest BCUT2D eigenvalue weighted by molar-refractivity contribution is 7.13. The Bertz CT molecular complexity index is 956. The highest BCUT2D eigenvalue weighted by atomic mass is 32.1. The third-order valence-electron chi connectivity index (χ3n) is 4.15. The fraction of sp³-hybridized carbons (Fsp3) is 0.190. The molecule has 144 valence electrons. The number of aliphatic carboxylic acids is 1. The van der Waals surface area contributed by atoms with Crippen molar-refractivity contribution in [3.05, 3.63) is 71.2 Å². The van der Waals surface area contributed by atoms with Crippen molar-refractivity contribution in [1.82, 2.24) is 10.3 Å². The lowest BCUT2D eigenvalue weighted by Crippen LogP contribution is -2.43. The predicted molar refractivity (Wildman–Crippen MR) is 108 cm³/mol. The van der Waals surface area contributed by atoms with Crippen LogP contribution in [-0.4, -0.2) is 35.1 Å². The number of thiazole rings is 1. The van der Waals surface area contributed by atoms with E-state index in [0.717, 1.165) is 16.1 Å². The van der Waals surface area contributed by atoms with Crippen molar-refractivity contribution in [1.29, 1.82) is 0 Å². The second-order valence-electron chi connectivity index (χ2n) is 6.17. The minimum absolute atomic E-state index is 0.0181. The summed E-state index contributed by atoms with van der Waals surface area (Å²) >= 11 is 1.41. The smallest absolute Gasteiger partial charge is 0.326 e. The minimum atomic E-state index is -1.06. The van der Waals surface area contributed by atoms with Gasteiger partial charge >= 0.3 is 5.97 Å². The van der Waals surface area contributed by atoms with Crippen molar-refractivity contribution in [2.75, 3.05) is 7.11 Å². The average molecular weight is 396 g/mol. The Hall–Kier alpha value is -3.19. The van der Waals surface area contributed by atoms with E-state index in [9.17, 15) is 14.7 Å². The molecule has 0 aliphatic heterocycles. The number of aromatic nitrogens is 1. The Morgan fingerprint density at radius 2 is 1.86 bits per heavy atom. The molecule has 1 aromatic heterocycles. The Labute approximate surface area is 166 Å². The number of para-hydroxylation sites is 1. The number of benzene rings is 2. The van der Waals surface area contributed by atoms with Gasteiger partial charge in [-0.15, -0.1) is 11.3 Å². The molecule has 0 fully saturated rings. The molecule has 1 amide bonds. The molecule has 28 heavy (non-hydrogen) atoms. The summed E-state index contributed by atoms with van der Waals surface area (Å²) in [5.41, 5.74) is 2.30. The van der Waals surface area contributed by atoms with Crippen molar-refractivity contribution in [2.45, 2.75) is 18.9 Å². The number of nitrogens with one attached hydrogen (secondary N) is 1. The maximum Gasteiger partial charge on any atom is 0.326 e. The third kappa shape index (κ3) is 4.95. The first-order chi connectivity index (χ1) is 13.6. The maximum absolute atomic E-state index is 12.4. The summed E-state index contributed by atoms with van der Waals surface area (Å²) in [7, 11) is 1.60. The zero-order valence-electron chi connectivity index (χ0n) is 15.3. The fourth-order valence-electron chi connectivity index (χ4n) is 2.79. The van der Waals surface area contributed by atoms with Gasteiger partial charge in [0.25, 0.3) is 0 Å². The molecule has 1 unspecified atom stereocenters. The molecule has 0 saturated heterocycles. The number of amides is 1. The number of hydrogen-bond acceptors (Lipinski definition) is 5. The lowest BCUT2D eigenvalue weighted by Gasteiger charge is -2.14. The number of nitrogens with zero attached hydrogens (tertiary/aromatic N) is 1. The van der Waals surface area contributed by atoms with Gasteiger partial charge in [-0.3, -0.25) is 4.79 Å². The Balaban J connectivity index is 1.66. The van der Waals surface area contributed by atoms with Gasteiger partial charge in [-0.05, 0) is 17.7 Å². The SMILES string of the molecule is COc1ccccc1-c1nc(CC(=O)NC(Cc2ccccc2)C(=O)O)cs1. The van der Waals surface area contributed by atoms with Gasteiger partial charge in [0, 0.05) is 11.8 Å². The van der Waals surface area contributed by atoms with E-state index in [4.69, 9.17) is 4.74 Å². The first kappa shape index (κ1) is 19.6. The molecule has 1 heterocycles. The number of hydrogen-bond donors (Lipinski definition) is 2. The normalized spacial score (nSPS) is 11.6. The van der Waals surface area contributed by atoms with E-state index in [1.807, 2.05) is 54.6 Å². The standard InChI is InChI=1S/C21H20N2O4S/c1-27-18-10-6-5-9-16(18)20-22-15(13-28-20)12-19(24)23-17(21(25)26)11-14-7-3-2-4-8-14/h2-10,13,17H,11-12H2,1H3,(H,23,24)(H,25,26). The first-order valence-corrected chi connectivity index (χ1v) is 9.58. The van der Waals surface area contributed by atoms with E-state index in [1.165, 1.54) is 11.3 Å². The van der Waals surface area contributed by atoms with E-state index in [2.05, 4.69) is 10.3 Å². The Morgan fingerprint density at radius 1 is 1.14 bits per heavy atom. The van der Waals surface area contributed by atoms with Crippen LogP contribution in [0.15, 0.2) is 60.0 Å². The number of rotatable bonds is 8. The summed E-state index contributed by atoms with van der Waals surface area (Å²) < 4.78 is 5.35. The molecule has 6 nitrogen and oxygen atoms in total. The molecule has 0 bridgehead atoms. The van der Waals surface area contributed by atoms with Crippen LogP contribution in [0.1, 0.15) is 11.3 Å². The van der Waals surface area contributed by atoms with Crippen LogP contribution in [-0.2, 0) is 22.4 Å². The van der Waals surface area contributed by atoms with Gasteiger partial charge in [0.1, 0.15) is 16.8 Å². The van der Waals surface area contributed by atoms with E-state index < -0.39 is 12.0 Å². The highest BCUT2D eigenvalue weighted by Gasteiger charge is 2.21. The van der Waals surface area contributed by atoms with Crippen molar-refractivity contribution in [3.63, 3.8) is 0 Å². The largest absolute Gasteiger partial charge is 0.496 e. The van der Waals surface area contributed by atoms with Gasteiger partial charge < -0.3 is 15.2 Å². The zero-order valence-corrected chi connectivity index (χ0v) is 16.1. The molecule has 0 spiro atoms. The highest BCUT2D eigenvalue weighted by Crippen LogP contribution is 2.31. The summed E-state index contributed by atoms with van der Waals surface area (Å²) in [6, 6.07) is 15.8. The monoisotopic (exact) mass is 396 g/mol. The molecule has 3 aromatic rings. The van der Waals surface area contributed by atoms with Crippen LogP contribution in [0.5, 0.6) is 5.75 Å². The van der Waals surface area contributed by atoms with Crippen LogP contribution >= 0.6 is 11.3 Å². The molecule has 1 atom stereocenters. The molecule has 2 aromatic carbocycles. The molecular weight excluding hydrogens is 376 g/mol. The van der Waals surface area contributed by atoms with Crippen molar-refractivity contribution in [3.8, 4) is 16.3 Å². The van der Waals surface area contributed by atoms with E-state index >= 15 is 0 Å². The lowest BCUT2D eigenvalue weighted by atomic mass is 10.1. The predicted octanol–water partition coefficient (Wildman–Crippen LogP) is 3.17. The number of carbonyl (C=O) groups is 2. The summed E-state index contributed by atoms with van der Waals surface area (Å²) in [6.45, 7) is 0. The van der Waals surface area contributed by atoms with Crippen molar-refractivity contribution in [2.24, 2.45) is 0 Å². The van der Waals surface area contributed by atoms with Crippen LogP contribution in [0.3, 0.4) is 0 Å². The van der Waals surface area contributed by atoms with Crippen molar-refractivity contribution >= 4 is 23.2 Å². The molecule has 0 saturated carbocycles. The molecule has 0 radical (unpaired) electrons. The molecule has 7 heteroatoms. The van der Waals surface area contributed by atoms with E-state index in [0.29, 0.717) is 11.4 Å². The molecule has 3 rings (SSSR count). The minimum Gasteiger partial charge on any atom is -0.496 e. The van der Waals surface area contributed by atoms with Crippen LogP contribution in [0.4, 0.5) is 0 Å². The molecule has 2 N–H and O–H groups in total. The summed E-state index contributed by atoms with van der Waals surface area (Å²) in [5.74, 6) is -0.730. The summed E-state index contributed by atoms with van der Waals surface area (Å²) in [6.07, 6.45) is 0.246. The third-order valence-corrected chi connectivity index (χ3v) is 5.07. The Kier molecular flexibility index (Phi) is 6.39. The van der Waals surface area contributed by atoms with Crippen LogP contribution < -0.4 is 10.1 Å². The number of ether oxygens (including phenoxy) is 1. The fourth-order valence-corrected chi connectivity index (χ4v) is 3.64. The van der Waals surface area contributed by atoms with Crippen molar-refractivity contribution < 1.29 is 19.4 Å². The van der Waals surface area contributed by atoms with Gasteiger partial charge in [-0.25, -0.2) is 9.78 Å². The van der Waals surface area contributed by atoms with Crippen LogP contribution in [0, 0.1) is 0 Å². The number of methoxy groups -OCH3 is 1. The molecular formula is C21H20N2O4S. The Morgan fingerprint density at radius 3 is 2.57 bits per heavy atom. The van der Waals surface area contributed by atoms with Gasteiger partial charge in [0.15, 0.2) is 0 Å². The van der Waals surface area contributed by atoms with E-state index in [-0.39, 0.29) is 18.7 Å². The second-order valence-corrected chi connectivity index (χ2v) is 7.03. The molecule has 0 aliphatic rings. The van der Waals surface area contributed by atoms with Gasteiger partial charge in [0.2, 0.25) is 5.91 Å². The van der Waals surface area contributed by atoms with Gasteiger partial charge in [-0.2, -0.15) is 0 Å². The number of carbonyl (C=O) groups excluding carboxylic acids is 1. The summed E-state index contributed by atoms with van der Waals surface area (Å²) in [4.78, 5) is 28.4. The average Bonchev–Trinajstić information content (AvgIpc) is 3.16. The summed E-state index contributed by atoms with van der Waals surface area (Å²) in [5, 5.41) is 14.6. The van der Waals surface area contributed by atoms with Crippen LogP contribution in [0.25, 0.3) is 10.6 Å². The number of carboxylic acids is 1. The second kappa shape index (κ2) is 9.14. The van der Waals surface area contributed by atoms with E-state index in [1.54, 1.807) is 12.5 Å². The zero-order chi connectivity index (χ0) is 19.9. The first-order valence-electron chi connectivity index (χ1n) is 8.70.